The van der Waals surface area contributed by atoms with Crippen LogP contribution in [0.5, 0.6) is 0 Å². The second-order valence-corrected chi connectivity index (χ2v) is 8.89. The van der Waals surface area contributed by atoms with Gasteiger partial charge >= 0.3 is 0 Å². The van der Waals surface area contributed by atoms with Gasteiger partial charge in [-0.25, -0.2) is 0 Å². The number of carbonyl (C=O) groups is 1. The van der Waals surface area contributed by atoms with E-state index in [2.05, 4.69) is 53.5 Å². The Morgan fingerprint density at radius 3 is 2.12 bits per heavy atom. The van der Waals surface area contributed by atoms with Crippen LogP contribution in [-0.2, 0) is 16.9 Å². The Kier molecular flexibility index (Phi) is 7.55. The van der Waals surface area contributed by atoms with Gasteiger partial charge in [-0.2, -0.15) is 4.98 Å². The Labute approximate surface area is 196 Å². The molecule has 0 unspecified atom stereocenters. The summed E-state index contributed by atoms with van der Waals surface area (Å²) in [6.07, 6.45) is 4.14. The number of aromatic nitrogens is 2. The monoisotopic (exact) mass is 446 g/mol. The summed E-state index contributed by atoms with van der Waals surface area (Å²) in [5.41, 5.74) is 1.74. The largest absolute Gasteiger partial charge is 0.343 e. The van der Waals surface area contributed by atoms with Crippen LogP contribution in [0.3, 0.4) is 0 Å². The molecule has 0 aliphatic heterocycles. The Balaban J connectivity index is 1.53. The first kappa shape index (κ1) is 23.2. The van der Waals surface area contributed by atoms with E-state index in [1.165, 1.54) is 0 Å². The van der Waals surface area contributed by atoms with Gasteiger partial charge in [0.25, 0.3) is 0 Å². The van der Waals surface area contributed by atoms with Crippen molar-refractivity contribution in [2.45, 2.75) is 64.0 Å². The predicted molar refractivity (Wildman–Crippen MR) is 129 cm³/mol. The average molecular weight is 447 g/mol. The zero-order valence-electron chi connectivity index (χ0n) is 19.7. The maximum atomic E-state index is 13.4. The third-order valence-corrected chi connectivity index (χ3v) is 6.78. The molecule has 0 radical (unpaired) electrons. The fourth-order valence-corrected chi connectivity index (χ4v) is 4.84. The van der Waals surface area contributed by atoms with Gasteiger partial charge in [-0.1, -0.05) is 92.5 Å². The van der Waals surface area contributed by atoms with E-state index in [0.717, 1.165) is 49.9 Å². The number of carbonyl (C=O) groups excluding carboxylic acids is 1. The van der Waals surface area contributed by atoms with Crippen molar-refractivity contribution in [2.24, 2.45) is 0 Å². The molecule has 174 valence electrons. The Morgan fingerprint density at radius 2 is 1.58 bits per heavy atom. The fraction of sp³-hybridized carbons (Fsp3) is 0.444. The number of rotatable bonds is 10. The highest BCUT2D eigenvalue weighted by molar-refractivity contribution is 5.78. The van der Waals surface area contributed by atoms with Gasteiger partial charge in [0.05, 0.1) is 6.54 Å². The van der Waals surface area contributed by atoms with E-state index >= 15 is 0 Å². The zero-order valence-corrected chi connectivity index (χ0v) is 19.7. The number of nitrogens with zero attached hydrogens (tertiary/aromatic N) is 3. The van der Waals surface area contributed by atoms with Crippen molar-refractivity contribution in [1.29, 1.82) is 0 Å². The lowest BCUT2D eigenvalue weighted by molar-refractivity contribution is -0.123. The zero-order chi connectivity index (χ0) is 23.1. The van der Waals surface area contributed by atoms with Gasteiger partial charge in [-0.3, -0.25) is 9.69 Å². The first-order valence-electron chi connectivity index (χ1n) is 12.1. The number of amides is 1. The average Bonchev–Trinajstić information content (AvgIpc) is 3.53. The molecule has 1 aromatic heterocycles. The number of hydrogen-bond donors (Lipinski definition) is 1. The summed E-state index contributed by atoms with van der Waals surface area (Å²) in [5, 5.41) is 7.65. The highest BCUT2D eigenvalue weighted by atomic mass is 16.5. The van der Waals surface area contributed by atoms with Crippen molar-refractivity contribution >= 4 is 5.91 Å². The highest BCUT2D eigenvalue weighted by Crippen LogP contribution is 2.38. The van der Waals surface area contributed by atoms with Crippen LogP contribution in [0.4, 0.5) is 0 Å². The summed E-state index contributed by atoms with van der Waals surface area (Å²) in [7, 11) is 0. The first-order chi connectivity index (χ1) is 16.1. The molecule has 1 fully saturated rings. The van der Waals surface area contributed by atoms with Crippen molar-refractivity contribution in [2.75, 3.05) is 13.1 Å². The third-order valence-electron chi connectivity index (χ3n) is 6.78. The molecule has 1 saturated carbocycles. The molecule has 33 heavy (non-hydrogen) atoms. The van der Waals surface area contributed by atoms with Gasteiger partial charge in [0.2, 0.25) is 11.8 Å². The lowest BCUT2D eigenvalue weighted by Crippen LogP contribution is -2.45. The van der Waals surface area contributed by atoms with Crippen molar-refractivity contribution in [3.8, 4) is 0 Å². The minimum Gasteiger partial charge on any atom is -0.343 e. The first-order valence-corrected chi connectivity index (χ1v) is 12.1. The van der Waals surface area contributed by atoms with Gasteiger partial charge in [-0.15, -0.1) is 0 Å². The van der Waals surface area contributed by atoms with Crippen molar-refractivity contribution in [3.05, 3.63) is 83.5 Å². The van der Waals surface area contributed by atoms with Crippen molar-refractivity contribution in [1.82, 2.24) is 20.4 Å². The summed E-state index contributed by atoms with van der Waals surface area (Å²) in [6.45, 7) is 6.73. The summed E-state index contributed by atoms with van der Waals surface area (Å²) in [6, 6.07) is 20.5. The second kappa shape index (κ2) is 10.8. The lowest BCUT2D eigenvalue weighted by Gasteiger charge is -2.28. The topological polar surface area (TPSA) is 71.3 Å². The Morgan fingerprint density at radius 1 is 1.00 bits per heavy atom. The molecule has 1 aliphatic rings. The predicted octanol–water partition coefficient (Wildman–Crippen LogP) is 5.02. The van der Waals surface area contributed by atoms with Crippen LogP contribution < -0.4 is 5.32 Å². The highest BCUT2D eigenvalue weighted by Gasteiger charge is 2.41. The van der Waals surface area contributed by atoms with Crippen LogP contribution >= 0.6 is 0 Å². The number of hydrogen-bond acceptors (Lipinski definition) is 5. The van der Waals surface area contributed by atoms with E-state index in [1.54, 1.807) is 0 Å². The fourth-order valence-electron chi connectivity index (χ4n) is 4.84. The lowest BCUT2D eigenvalue weighted by atomic mass is 9.87. The molecule has 0 saturated heterocycles. The SMILES string of the molecule is CCN(CC)Cc1nc(C2(NC(=O)CC(c3ccccc3)c3ccccc3)CCCC2)no1. The van der Waals surface area contributed by atoms with Gasteiger partial charge in [-0.05, 0) is 37.1 Å². The molecular weight excluding hydrogens is 412 g/mol. The number of nitrogens with one attached hydrogen (secondary N) is 1. The normalized spacial score (nSPS) is 15.3. The molecule has 0 atom stereocenters. The van der Waals surface area contributed by atoms with Gasteiger partial charge in [0.1, 0.15) is 5.54 Å². The Hall–Kier alpha value is -2.99. The van der Waals surface area contributed by atoms with Crippen LogP contribution in [0.1, 0.15) is 74.7 Å². The molecule has 1 amide bonds. The summed E-state index contributed by atoms with van der Waals surface area (Å²) in [4.78, 5) is 20.4. The van der Waals surface area contributed by atoms with Crippen LogP contribution in [0, 0.1) is 0 Å². The molecule has 0 spiro atoms. The molecule has 1 heterocycles. The van der Waals surface area contributed by atoms with Crippen molar-refractivity contribution < 1.29 is 9.32 Å². The molecule has 2 aromatic carbocycles. The summed E-state index contributed by atoms with van der Waals surface area (Å²) in [5.74, 6) is 1.24. The molecule has 4 rings (SSSR count). The molecule has 1 N–H and O–H groups in total. The van der Waals surface area contributed by atoms with E-state index < -0.39 is 5.54 Å². The van der Waals surface area contributed by atoms with E-state index in [4.69, 9.17) is 9.51 Å². The maximum absolute atomic E-state index is 13.4. The third kappa shape index (κ3) is 5.50. The van der Waals surface area contributed by atoms with Crippen LogP contribution in [0.2, 0.25) is 0 Å². The molecule has 6 heteroatoms. The Bertz CT molecular complexity index is 969. The van der Waals surface area contributed by atoms with Gasteiger partial charge in [0.15, 0.2) is 5.82 Å². The maximum Gasteiger partial charge on any atom is 0.240 e. The smallest absolute Gasteiger partial charge is 0.240 e. The molecule has 1 aliphatic carbocycles. The second-order valence-electron chi connectivity index (χ2n) is 8.89. The molecule has 3 aromatic rings. The van der Waals surface area contributed by atoms with E-state index in [1.807, 2.05) is 36.4 Å². The summed E-state index contributed by atoms with van der Waals surface area (Å²) >= 11 is 0. The van der Waals surface area contributed by atoms with Gasteiger partial charge < -0.3 is 9.84 Å². The minimum atomic E-state index is -0.542. The van der Waals surface area contributed by atoms with Gasteiger partial charge in [0, 0.05) is 12.3 Å². The summed E-state index contributed by atoms with van der Waals surface area (Å²) < 4.78 is 5.58. The standard InChI is InChI=1S/C27H34N4O2/c1-3-31(4-2)20-25-28-26(30-33-25)27(17-11-12-18-27)29-24(32)19-23(21-13-7-5-8-14-21)22-15-9-6-10-16-22/h5-10,13-16,23H,3-4,11-12,17-20H2,1-2H3,(H,29,32). The number of benzene rings is 2. The van der Waals surface area contributed by atoms with Crippen LogP contribution in [0.25, 0.3) is 0 Å². The quantitative estimate of drug-likeness (QED) is 0.473. The van der Waals surface area contributed by atoms with Crippen LogP contribution in [-0.4, -0.2) is 34.0 Å². The molecule has 6 nitrogen and oxygen atoms in total. The molecular formula is C27H34N4O2. The van der Waals surface area contributed by atoms with Crippen molar-refractivity contribution in [3.63, 3.8) is 0 Å². The molecule has 0 bridgehead atoms. The van der Waals surface area contributed by atoms with E-state index in [-0.39, 0.29) is 11.8 Å². The van der Waals surface area contributed by atoms with Crippen LogP contribution in [0.15, 0.2) is 65.2 Å². The van der Waals surface area contributed by atoms with E-state index in [0.29, 0.717) is 24.7 Å². The minimum absolute atomic E-state index is 0.00523. The van der Waals surface area contributed by atoms with E-state index in [9.17, 15) is 4.79 Å².